The Labute approximate surface area is 71.4 Å². The zero-order valence-corrected chi connectivity index (χ0v) is 7.39. The molecule has 0 saturated heterocycles. The van der Waals surface area contributed by atoms with E-state index in [1.54, 1.807) is 6.20 Å². The zero-order chi connectivity index (χ0) is 8.43. The first-order valence-electron chi connectivity index (χ1n) is 3.49. The third kappa shape index (κ3) is 1.91. The predicted octanol–water partition coefficient (Wildman–Crippen LogP) is 2.06. The van der Waals surface area contributed by atoms with Crippen LogP contribution in [-0.2, 0) is 0 Å². The Balaban J connectivity index is 3.05. The summed E-state index contributed by atoms with van der Waals surface area (Å²) in [5.41, 5.74) is 7.45. The maximum atomic E-state index is 5.84. The van der Waals surface area contributed by atoms with Crippen molar-refractivity contribution < 1.29 is 0 Å². The molecule has 0 amide bonds. The lowest BCUT2D eigenvalue weighted by molar-refractivity contribution is 0.810. The number of aromatic nitrogens is 1. The lowest BCUT2D eigenvalue weighted by Gasteiger charge is -2.05. The lowest BCUT2D eigenvalue weighted by atomic mass is 10.1. The second-order valence-corrected chi connectivity index (χ2v) is 3.03. The van der Waals surface area contributed by atoms with Crippen molar-refractivity contribution >= 4 is 11.6 Å². The van der Waals surface area contributed by atoms with Gasteiger partial charge in [-0.3, -0.25) is 4.98 Å². The van der Waals surface area contributed by atoms with Gasteiger partial charge in [0.15, 0.2) is 0 Å². The Bertz CT molecular complexity index is 258. The molecule has 1 heterocycles. The second kappa shape index (κ2) is 3.20. The van der Waals surface area contributed by atoms with Gasteiger partial charge in [0.1, 0.15) is 0 Å². The molecule has 1 aromatic heterocycles. The van der Waals surface area contributed by atoms with Crippen LogP contribution in [0.25, 0.3) is 0 Å². The van der Waals surface area contributed by atoms with Crippen molar-refractivity contribution in [1.82, 2.24) is 4.98 Å². The van der Waals surface area contributed by atoms with Crippen molar-refractivity contribution in [2.75, 3.05) is 0 Å². The summed E-state index contributed by atoms with van der Waals surface area (Å²) in [6.07, 6.45) is 1.76. The van der Waals surface area contributed by atoms with E-state index in [-0.39, 0.29) is 6.04 Å². The molecule has 0 unspecified atom stereocenters. The van der Waals surface area contributed by atoms with Gasteiger partial charge >= 0.3 is 0 Å². The van der Waals surface area contributed by atoms with Crippen LogP contribution in [0.15, 0.2) is 12.3 Å². The zero-order valence-electron chi connectivity index (χ0n) is 6.63. The van der Waals surface area contributed by atoms with Crippen molar-refractivity contribution in [2.24, 2.45) is 5.73 Å². The molecule has 0 bridgehead atoms. The third-order valence-corrected chi connectivity index (χ3v) is 1.95. The summed E-state index contributed by atoms with van der Waals surface area (Å²) in [7, 11) is 0. The van der Waals surface area contributed by atoms with E-state index < -0.39 is 0 Å². The number of halogens is 1. The Morgan fingerprint density at radius 2 is 2.27 bits per heavy atom. The molecule has 1 atom stereocenters. The molecule has 0 saturated carbocycles. The molecule has 0 aromatic carbocycles. The average molecular weight is 171 g/mol. The van der Waals surface area contributed by atoms with Gasteiger partial charge in [-0.25, -0.2) is 0 Å². The maximum Gasteiger partial charge on any atom is 0.0621 e. The number of nitrogens with zero attached hydrogens (tertiary/aromatic N) is 1. The quantitative estimate of drug-likeness (QED) is 0.701. The van der Waals surface area contributed by atoms with Gasteiger partial charge in [0, 0.05) is 12.2 Å². The van der Waals surface area contributed by atoms with Crippen LogP contribution in [0, 0.1) is 6.92 Å². The smallest absolute Gasteiger partial charge is 0.0621 e. The highest BCUT2D eigenvalue weighted by molar-refractivity contribution is 6.31. The molecule has 3 heteroatoms. The van der Waals surface area contributed by atoms with Crippen LogP contribution < -0.4 is 5.73 Å². The summed E-state index contributed by atoms with van der Waals surface area (Å²) >= 11 is 5.84. The SMILES string of the molecule is Cc1ncc([C@H](C)N)cc1Cl. The van der Waals surface area contributed by atoms with Crippen molar-refractivity contribution in [3.8, 4) is 0 Å². The first kappa shape index (κ1) is 8.50. The molecule has 0 aliphatic rings. The van der Waals surface area contributed by atoms with Gasteiger partial charge in [0.2, 0.25) is 0 Å². The minimum absolute atomic E-state index is 0.000556. The van der Waals surface area contributed by atoms with Gasteiger partial charge in [-0.2, -0.15) is 0 Å². The molecule has 2 N–H and O–H groups in total. The lowest BCUT2D eigenvalue weighted by Crippen LogP contribution is -2.05. The minimum Gasteiger partial charge on any atom is -0.324 e. The van der Waals surface area contributed by atoms with E-state index in [1.807, 2.05) is 19.9 Å². The van der Waals surface area contributed by atoms with E-state index in [4.69, 9.17) is 17.3 Å². The fraction of sp³-hybridized carbons (Fsp3) is 0.375. The summed E-state index contributed by atoms with van der Waals surface area (Å²) in [5, 5.41) is 0.680. The molecule has 1 aromatic rings. The van der Waals surface area contributed by atoms with Gasteiger partial charge in [-0.1, -0.05) is 11.6 Å². The summed E-state index contributed by atoms with van der Waals surface area (Å²) in [5.74, 6) is 0. The van der Waals surface area contributed by atoms with Gasteiger partial charge in [0.25, 0.3) is 0 Å². The summed E-state index contributed by atoms with van der Waals surface area (Å²) in [4.78, 5) is 4.09. The Morgan fingerprint density at radius 1 is 1.64 bits per heavy atom. The Kier molecular flexibility index (Phi) is 2.47. The Hall–Kier alpha value is -0.600. The van der Waals surface area contributed by atoms with Crippen molar-refractivity contribution in [3.63, 3.8) is 0 Å². The van der Waals surface area contributed by atoms with Crippen LogP contribution >= 0.6 is 11.6 Å². The van der Waals surface area contributed by atoms with Crippen LogP contribution in [0.5, 0.6) is 0 Å². The number of hydrogen-bond donors (Lipinski definition) is 1. The van der Waals surface area contributed by atoms with E-state index in [2.05, 4.69) is 4.98 Å². The molecule has 0 aliphatic carbocycles. The molecule has 1 rings (SSSR count). The molecule has 60 valence electrons. The van der Waals surface area contributed by atoms with Gasteiger partial charge < -0.3 is 5.73 Å². The van der Waals surface area contributed by atoms with Crippen LogP contribution in [0.4, 0.5) is 0 Å². The highest BCUT2D eigenvalue weighted by Gasteiger charge is 2.02. The fourth-order valence-electron chi connectivity index (χ4n) is 0.770. The second-order valence-electron chi connectivity index (χ2n) is 2.62. The van der Waals surface area contributed by atoms with Crippen molar-refractivity contribution in [1.29, 1.82) is 0 Å². The number of rotatable bonds is 1. The third-order valence-electron chi connectivity index (χ3n) is 1.57. The number of hydrogen-bond acceptors (Lipinski definition) is 2. The summed E-state index contributed by atoms with van der Waals surface area (Å²) < 4.78 is 0. The minimum atomic E-state index is 0.000556. The average Bonchev–Trinajstić information content (AvgIpc) is 1.94. The molecular formula is C8H11ClN2. The standard InChI is InChI=1S/C8H11ClN2/c1-5(10)7-3-8(9)6(2)11-4-7/h3-5H,10H2,1-2H3/t5-/m0/s1. The largest absolute Gasteiger partial charge is 0.324 e. The van der Waals surface area contributed by atoms with Crippen molar-refractivity contribution in [3.05, 3.63) is 28.5 Å². The fourth-order valence-corrected chi connectivity index (χ4v) is 0.945. The van der Waals surface area contributed by atoms with Gasteiger partial charge in [-0.05, 0) is 25.5 Å². The molecule has 0 aliphatic heterocycles. The van der Waals surface area contributed by atoms with E-state index in [9.17, 15) is 0 Å². The number of aryl methyl sites for hydroxylation is 1. The summed E-state index contributed by atoms with van der Waals surface area (Å²) in [6, 6.07) is 1.86. The van der Waals surface area contributed by atoms with E-state index in [1.165, 1.54) is 0 Å². The van der Waals surface area contributed by atoms with E-state index in [0.717, 1.165) is 11.3 Å². The first-order chi connectivity index (χ1) is 5.11. The summed E-state index contributed by atoms with van der Waals surface area (Å²) in [6.45, 7) is 3.77. The van der Waals surface area contributed by atoms with Crippen LogP contribution in [-0.4, -0.2) is 4.98 Å². The number of nitrogens with two attached hydrogens (primary N) is 1. The monoisotopic (exact) mass is 170 g/mol. The topological polar surface area (TPSA) is 38.9 Å². The molecular weight excluding hydrogens is 160 g/mol. The highest BCUT2D eigenvalue weighted by Crippen LogP contribution is 2.17. The highest BCUT2D eigenvalue weighted by atomic mass is 35.5. The van der Waals surface area contributed by atoms with Crippen LogP contribution in [0.1, 0.15) is 24.2 Å². The van der Waals surface area contributed by atoms with Gasteiger partial charge in [-0.15, -0.1) is 0 Å². The molecule has 0 radical (unpaired) electrons. The maximum absolute atomic E-state index is 5.84. The van der Waals surface area contributed by atoms with Crippen LogP contribution in [0.2, 0.25) is 5.02 Å². The molecule has 0 spiro atoms. The normalized spacial score (nSPS) is 13.1. The van der Waals surface area contributed by atoms with Crippen LogP contribution in [0.3, 0.4) is 0 Å². The van der Waals surface area contributed by atoms with E-state index in [0.29, 0.717) is 5.02 Å². The van der Waals surface area contributed by atoms with Gasteiger partial charge in [0.05, 0.1) is 10.7 Å². The predicted molar refractivity (Wildman–Crippen MR) is 46.6 cm³/mol. The van der Waals surface area contributed by atoms with Crippen molar-refractivity contribution in [2.45, 2.75) is 19.9 Å². The molecule has 11 heavy (non-hydrogen) atoms. The number of pyridine rings is 1. The van der Waals surface area contributed by atoms with E-state index >= 15 is 0 Å². The Morgan fingerprint density at radius 3 is 2.73 bits per heavy atom. The molecule has 2 nitrogen and oxygen atoms in total. The molecule has 0 fully saturated rings. The first-order valence-corrected chi connectivity index (χ1v) is 3.86.